The maximum Gasteiger partial charge on any atom is 0.0738 e. The van der Waals surface area contributed by atoms with Crippen LogP contribution in [0, 0.1) is 12.3 Å². The lowest BCUT2D eigenvalue weighted by Gasteiger charge is -2.35. The van der Waals surface area contributed by atoms with Crippen LogP contribution in [0.4, 0.5) is 0 Å². The van der Waals surface area contributed by atoms with Crippen molar-refractivity contribution in [2.75, 3.05) is 6.61 Å². The zero-order valence-electron chi connectivity index (χ0n) is 10.7. The molecule has 0 bridgehead atoms. The summed E-state index contributed by atoms with van der Waals surface area (Å²) in [6.07, 6.45) is 7.01. The molecule has 0 aromatic carbocycles. The highest BCUT2D eigenvalue weighted by atomic mass is 79.9. The van der Waals surface area contributed by atoms with Crippen LogP contribution in [-0.2, 0) is 13.5 Å². The molecule has 0 atom stereocenters. The van der Waals surface area contributed by atoms with Gasteiger partial charge in [-0.1, -0.05) is 19.3 Å². The molecule has 1 N–H and O–H groups in total. The van der Waals surface area contributed by atoms with Crippen molar-refractivity contribution in [2.45, 2.75) is 45.4 Å². The molecule has 0 saturated heterocycles. The number of rotatable bonds is 3. The average Bonchev–Trinajstić information content (AvgIpc) is 2.57. The molecule has 1 heterocycles. The third-order valence-corrected chi connectivity index (χ3v) is 5.09. The van der Waals surface area contributed by atoms with Crippen LogP contribution in [-0.4, -0.2) is 21.5 Å². The standard InChI is InChI=1S/C13H21BrN2O/c1-10-12(14)11(16(2)15-10)8-13(9-17)6-4-3-5-7-13/h17H,3-9H2,1-2H3. The monoisotopic (exact) mass is 300 g/mol. The van der Waals surface area contributed by atoms with E-state index in [0.717, 1.165) is 29.4 Å². The minimum absolute atomic E-state index is 0.0843. The number of aliphatic hydroxyl groups excluding tert-OH is 1. The fourth-order valence-electron chi connectivity index (χ4n) is 2.92. The van der Waals surface area contributed by atoms with Crippen molar-refractivity contribution in [3.05, 3.63) is 15.9 Å². The molecule has 1 saturated carbocycles. The molecule has 1 aliphatic carbocycles. The average molecular weight is 301 g/mol. The van der Waals surface area contributed by atoms with Gasteiger partial charge >= 0.3 is 0 Å². The van der Waals surface area contributed by atoms with Gasteiger partial charge in [-0.2, -0.15) is 5.10 Å². The minimum atomic E-state index is 0.0843. The van der Waals surface area contributed by atoms with E-state index in [4.69, 9.17) is 0 Å². The fourth-order valence-corrected chi connectivity index (χ4v) is 3.40. The van der Waals surface area contributed by atoms with Crippen LogP contribution in [0.25, 0.3) is 0 Å². The van der Waals surface area contributed by atoms with E-state index in [0.29, 0.717) is 6.61 Å². The lowest BCUT2D eigenvalue weighted by Crippen LogP contribution is -2.31. The quantitative estimate of drug-likeness (QED) is 0.932. The number of aliphatic hydroxyl groups is 1. The first-order chi connectivity index (χ1) is 8.08. The molecule has 0 radical (unpaired) electrons. The third-order valence-electron chi connectivity index (χ3n) is 4.05. The molecule has 96 valence electrons. The Labute approximate surface area is 111 Å². The van der Waals surface area contributed by atoms with Gasteiger partial charge in [0, 0.05) is 13.7 Å². The Hall–Kier alpha value is -0.350. The van der Waals surface area contributed by atoms with Gasteiger partial charge in [0.2, 0.25) is 0 Å². The maximum atomic E-state index is 9.75. The van der Waals surface area contributed by atoms with E-state index in [-0.39, 0.29) is 5.41 Å². The van der Waals surface area contributed by atoms with E-state index in [1.807, 2.05) is 18.7 Å². The van der Waals surface area contributed by atoms with Gasteiger partial charge in [-0.15, -0.1) is 0 Å². The second-order valence-corrected chi connectivity index (χ2v) is 6.16. The van der Waals surface area contributed by atoms with Crippen LogP contribution in [0.15, 0.2) is 4.47 Å². The Bertz CT molecular complexity index is 394. The summed E-state index contributed by atoms with van der Waals surface area (Å²) in [4.78, 5) is 0. The zero-order chi connectivity index (χ0) is 12.5. The third kappa shape index (κ3) is 2.58. The number of hydrogen-bond acceptors (Lipinski definition) is 2. The largest absolute Gasteiger partial charge is 0.396 e. The molecule has 0 aliphatic heterocycles. The molecule has 2 rings (SSSR count). The Morgan fingerprint density at radius 1 is 1.35 bits per heavy atom. The molecule has 4 heteroatoms. The molecular weight excluding hydrogens is 280 g/mol. The summed E-state index contributed by atoms with van der Waals surface area (Å²) in [5.41, 5.74) is 2.34. The van der Waals surface area contributed by atoms with Crippen LogP contribution < -0.4 is 0 Å². The van der Waals surface area contributed by atoms with Crippen LogP contribution >= 0.6 is 15.9 Å². The topological polar surface area (TPSA) is 38.0 Å². The van der Waals surface area contributed by atoms with E-state index in [1.165, 1.54) is 25.0 Å². The van der Waals surface area contributed by atoms with Gasteiger partial charge in [0.15, 0.2) is 0 Å². The van der Waals surface area contributed by atoms with Crippen molar-refractivity contribution in [3.8, 4) is 0 Å². The normalized spacial score (nSPS) is 19.5. The molecule has 0 spiro atoms. The highest BCUT2D eigenvalue weighted by Gasteiger charge is 2.33. The fraction of sp³-hybridized carbons (Fsp3) is 0.769. The van der Waals surface area contributed by atoms with E-state index < -0.39 is 0 Å². The Morgan fingerprint density at radius 2 is 2.00 bits per heavy atom. The van der Waals surface area contributed by atoms with E-state index in [1.54, 1.807) is 0 Å². The minimum Gasteiger partial charge on any atom is -0.396 e. The van der Waals surface area contributed by atoms with Crippen LogP contribution in [0.2, 0.25) is 0 Å². The predicted molar refractivity (Wildman–Crippen MR) is 72.0 cm³/mol. The summed E-state index contributed by atoms with van der Waals surface area (Å²) in [5.74, 6) is 0. The molecule has 0 amide bonds. The second-order valence-electron chi connectivity index (χ2n) is 5.37. The summed E-state index contributed by atoms with van der Waals surface area (Å²) in [5, 5.41) is 14.2. The number of halogens is 1. The summed E-state index contributed by atoms with van der Waals surface area (Å²) >= 11 is 3.62. The Morgan fingerprint density at radius 3 is 2.47 bits per heavy atom. The van der Waals surface area contributed by atoms with Crippen molar-refractivity contribution < 1.29 is 5.11 Å². The zero-order valence-corrected chi connectivity index (χ0v) is 12.3. The predicted octanol–water partition coefficient (Wildman–Crippen LogP) is 2.98. The lowest BCUT2D eigenvalue weighted by molar-refractivity contribution is 0.0803. The van der Waals surface area contributed by atoms with Crippen LogP contribution in [0.5, 0.6) is 0 Å². The molecule has 1 aromatic heterocycles. The molecule has 0 unspecified atom stereocenters. The van der Waals surface area contributed by atoms with Gasteiger partial charge < -0.3 is 5.11 Å². The van der Waals surface area contributed by atoms with Crippen molar-refractivity contribution in [2.24, 2.45) is 12.5 Å². The number of aryl methyl sites for hydroxylation is 2. The van der Waals surface area contributed by atoms with Crippen molar-refractivity contribution in [1.82, 2.24) is 9.78 Å². The Balaban J connectivity index is 2.23. The number of aromatic nitrogens is 2. The Kier molecular flexibility index (Phi) is 3.93. The van der Waals surface area contributed by atoms with E-state index >= 15 is 0 Å². The SMILES string of the molecule is Cc1nn(C)c(CC2(CO)CCCCC2)c1Br. The highest BCUT2D eigenvalue weighted by molar-refractivity contribution is 9.10. The van der Waals surface area contributed by atoms with Crippen molar-refractivity contribution in [3.63, 3.8) is 0 Å². The molecule has 1 aromatic rings. The van der Waals surface area contributed by atoms with Gasteiger partial charge in [0.1, 0.15) is 0 Å². The van der Waals surface area contributed by atoms with Crippen LogP contribution in [0.3, 0.4) is 0 Å². The van der Waals surface area contributed by atoms with Crippen LogP contribution in [0.1, 0.15) is 43.5 Å². The first-order valence-corrected chi connectivity index (χ1v) is 7.16. The first kappa shape index (κ1) is 13.1. The van der Waals surface area contributed by atoms with Gasteiger partial charge in [0.05, 0.1) is 15.9 Å². The number of hydrogen-bond donors (Lipinski definition) is 1. The van der Waals surface area contributed by atoms with Crippen molar-refractivity contribution >= 4 is 15.9 Å². The molecule has 1 fully saturated rings. The summed E-state index contributed by atoms with van der Waals surface area (Å²) < 4.78 is 3.06. The second kappa shape index (κ2) is 5.11. The summed E-state index contributed by atoms with van der Waals surface area (Å²) in [7, 11) is 1.99. The van der Waals surface area contributed by atoms with Gasteiger partial charge in [0.25, 0.3) is 0 Å². The summed E-state index contributed by atoms with van der Waals surface area (Å²) in [6, 6.07) is 0. The molecule has 17 heavy (non-hydrogen) atoms. The summed E-state index contributed by atoms with van der Waals surface area (Å²) in [6.45, 7) is 2.31. The smallest absolute Gasteiger partial charge is 0.0738 e. The molecule has 3 nitrogen and oxygen atoms in total. The lowest BCUT2D eigenvalue weighted by atomic mass is 9.72. The first-order valence-electron chi connectivity index (χ1n) is 6.37. The number of nitrogens with zero attached hydrogens (tertiary/aromatic N) is 2. The maximum absolute atomic E-state index is 9.75. The molecule has 1 aliphatic rings. The van der Waals surface area contributed by atoms with Gasteiger partial charge in [-0.25, -0.2) is 0 Å². The molecular formula is C13H21BrN2O. The van der Waals surface area contributed by atoms with Crippen molar-refractivity contribution in [1.29, 1.82) is 0 Å². The van der Waals surface area contributed by atoms with E-state index in [9.17, 15) is 5.11 Å². The highest BCUT2D eigenvalue weighted by Crippen LogP contribution is 2.40. The van der Waals surface area contributed by atoms with Gasteiger partial charge in [-0.05, 0) is 47.5 Å². The van der Waals surface area contributed by atoms with Gasteiger partial charge in [-0.3, -0.25) is 4.68 Å². The van der Waals surface area contributed by atoms with E-state index in [2.05, 4.69) is 21.0 Å².